The quantitative estimate of drug-likeness (QED) is 0.707. The minimum atomic E-state index is 0.490. The topological polar surface area (TPSA) is 58.0 Å². The van der Waals surface area contributed by atoms with Gasteiger partial charge >= 0.3 is 0 Å². The Morgan fingerprint density at radius 2 is 1.96 bits per heavy atom. The lowest BCUT2D eigenvalue weighted by atomic mass is 9.92. The molecule has 7 heteroatoms. The van der Waals surface area contributed by atoms with E-state index in [1.165, 1.54) is 17.5 Å². The molecular formula is C18H20N6S. The van der Waals surface area contributed by atoms with Crippen LogP contribution in [0.1, 0.15) is 18.5 Å². The van der Waals surface area contributed by atoms with Gasteiger partial charge in [0.05, 0.1) is 16.3 Å². The fourth-order valence-electron chi connectivity index (χ4n) is 4.21. The summed E-state index contributed by atoms with van der Waals surface area (Å²) in [5.41, 5.74) is 2.07. The second kappa shape index (κ2) is 5.91. The van der Waals surface area contributed by atoms with Gasteiger partial charge in [-0.15, -0.1) is 11.3 Å². The van der Waals surface area contributed by atoms with Crippen molar-refractivity contribution in [3.63, 3.8) is 0 Å². The van der Waals surface area contributed by atoms with E-state index in [0.717, 1.165) is 48.4 Å². The van der Waals surface area contributed by atoms with E-state index in [0.29, 0.717) is 6.04 Å². The van der Waals surface area contributed by atoms with Crippen LogP contribution in [-0.2, 0) is 0 Å². The summed E-state index contributed by atoms with van der Waals surface area (Å²) in [6.07, 6.45) is 5.83. The average molecular weight is 352 g/mol. The lowest BCUT2D eigenvalue weighted by molar-refractivity contribution is 0.388. The van der Waals surface area contributed by atoms with Crippen molar-refractivity contribution in [2.45, 2.75) is 25.8 Å². The molecule has 2 atom stereocenters. The summed E-state index contributed by atoms with van der Waals surface area (Å²) in [6, 6.07) is 4.65. The first-order valence-electron chi connectivity index (χ1n) is 8.78. The molecule has 0 aliphatic carbocycles. The molecule has 0 saturated carbocycles. The van der Waals surface area contributed by atoms with Crippen LogP contribution in [0.15, 0.2) is 30.2 Å². The standard InChI is InChI=1S/C18H20N6S/c1-12-8-16(21-10-19-12)23-5-2-13-3-6-24(15(13)9-23)18-17-14(4-7-25-17)20-11-22-18/h4,7-8,10-11,13,15H,2-3,5-6,9H2,1H3. The van der Waals surface area contributed by atoms with Crippen molar-refractivity contribution in [1.29, 1.82) is 0 Å². The van der Waals surface area contributed by atoms with Gasteiger partial charge in [0.1, 0.15) is 24.3 Å². The van der Waals surface area contributed by atoms with E-state index in [1.54, 1.807) is 24.0 Å². The van der Waals surface area contributed by atoms with Gasteiger partial charge in [-0.05, 0) is 37.1 Å². The third-order valence-electron chi connectivity index (χ3n) is 5.47. The molecular weight excluding hydrogens is 332 g/mol. The van der Waals surface area contributed by atoms with Crippen molar-refractivity contribution in [2.24, 2.45) is 5.92 Å². The fraction of sp³-hybridized carbons (Fsp3) is 0.444. The molecule has 3 aromatic heterocycles. The highest BCUT2D eigenvalue weighted by Gasteiger charge is 2.40. The number of hydrogen-bond donors (Lipinski definition) is 0. The van der Waals surface area contributed by atoms with Gasteiger partial charge in [-0.25, -0.2) is 19.9 Å². The molecule has 0 aromatic carbocycles. The lowest BCUT2D eigenvalue weighted by Crippen LogP contribution is -2.48. The van der Waals surface area contributed by atoms with Gasteiger partial charge < -0.3 is 9.80 Å². The van der Waals surface area contributed by atoms with E-state index in [2.05, 4.69) is 47.2 Å². The molecule has 2 unspecified atom stereocenters. The van der Waals surface area contributed by atoms with Crippen LogP contribution in [0.3, 0.4) is 0 Å². The van der Waals surface area contributed by atoms with Crippen LogP contribution in [0.4, 0.5) is 11.6 Å². The summed E-state index contributed by atoms with van der Waals surface area (Å²) < 4.78 is 1.21. The zero-order valence-corrected chi connectivity index (χ0v) is 15.0. The predicted octanol–water partition coefficient (Wildman–Crippen LogP) is 2.89. The van der Waals surface area contributed by atoms with Crippen molar-refractivity contribution in [1.82, 2.24) is 19.9 Å². The Kier molecular flexibility index (Phi) is 3.55. The van der Waals surface area contributed by atoms with Gasteiger partial charge in [0.15, 0.2) is 0 Å². The highest BCUT2D eigenvalue weighted by Crippen LogP contribution is 2.38. The highest BCUT2D eigenvalue weighted by atomic mass is 32.1. The van der Waals surface area contributed by atoms with Crippen LogP contribution in [0.25, 0.3) is 10.2 Å². The molecule has 25 heavy (non-hydrogen) atoms. The first-order chi connectivity index (χ1) is 12.3. The zero-order chi connectivity index (χ0) is 16.8. The smallest absolute Gasteiger partial charge is 0.150 e. The summed E-state index contributed by atoms with van der Waals surface area (Å²) >= 11 is 1.74. The summed E-state index contributed by atoms with van der Waals surface area (Å²) in [4.78, 5) is 22.7. The number of hydrogen-bond acceptors (Lipinski definition) is 7. The van der Waals surface area contributed by atoms with E-state index >= 15 is 0 Å². The van der Waals surface area contributed by atoms with Gasteiger partial charge in [0.25, 0.3) is 0 Å². The van der Waals surface area contributed by atoms with Gasteiger partial charge in [0.2, 0.25) is 0 Å². The van der Waals surface area contributed by atoms with Crippen molar-refractivity contribution < 1.29 is 0 Å². The summed E-state index contributed by atoms with van der Waals surface area (Å²) in [5, 5.41) is 2.10. The number of aromatic nitrogens is 4. The first kappa shape index (κ1) is 15.0. The highest BCUT2D eigenvalue weighted by molar-refractivity contribution is 7.17. The van der Waals surface area contributed by atoms with Gasteiger partial charge in [-0.1, -0.05) is 0 Å². The number of aryl methyl sites for hydroxylation is 1. The number of anilines is 2. The Labute approximate surface area is 150 Å². The first-order valence-corrected chi connectivity index (χ1v) is 9.66. The van der Waals surface area contributed by atoms with E-state index in [4.69, 9.17) is 0 Å². The minimum Gasteiger partial charge on any atom is -0.354 e. The number of nitrogens with zero attached hydrogens (tertiary/aromatic N) is 6. The van der Waals surface area contributed by atoms with Gasteiger partial charge in [0, 0.05) is 31.4 Å². The molecule has 2 aliphatic rings. The number of piperidine rings is 1. The molecule has 0 amide bonds. The van der Waals surface area contributed by atoms with E-state index in [9.17, 15) is 0 Å². The van der Waals surface area contributed by atoms with Crippen LogP contribution < -0.4 is 9.80 Å². The van der Waals surface area contributed by atoms with Gasteiger partial charge in [-0.2, -0.15) is 0 Å². The molecule has 3 aromatic rings. The van der Waals surface area contributed by atoms with Crippen LogP contribution in [0.5, 0.6) is 0 Å². The van der Waals surface area contributed by atoms with Crippen molar-refractivity contribution in [2.75, 3.05) is 29.4 Å². The van der Waals surface area contributed by atoms with E-state index in [-0.39, 0.29) is 0 Å². The second-order valence-electron chi connectivity index (χ2n) is 6.89. The Morgan fingerprint density at radius 3 is 2.88 bits per heavy atom. The minimum absolute atomic E-state index is 0.490. The largest absolute Gasteiger partial charge is 0.354 e. The third-order valence-corrected chi connectivity index (χ3v) is 6.37. The Bertz CT molecular complexity index is 909. The third kappa shape index (κ3) is 2.54. The molecule has 0 spiro atoms. The van der Waals surface area contributed by atoms with Crippen molar-refractivity contribution in [3.8, 4) is 0 Å². The summed E-state index contributed by atoms with van der Waals surface area (Å²) in [7, 11) is 0. The average Bonchev–Trinajstić information content (AvgIpc) is 3.27. The molecule has 5 rings (SSSR count). The molecule has 5 heterocycles. The van der Waals surface area contributed by atoms with Crippen molar-refractivity contribution >= 4 is 33.2 Å². The lowest BCUT2D eigenvalue weighted by Gasteiger charge is -2.39. The Balaban J connectivity index is 1.47. The summed E-state index contributed by atoms with van der Waals surface area (Å²) in [6.45, 7) is 5.17. The van der Waals surface area contributed by atoms with Crippen LogP contribution in [0.2, 0.25) is 0 Å². The van der Waals surface area contributed by atoms with Crippen LogP contribution in [-0.4, -0.2) is 45.6 Å². The fourth-order valence-corrected chi connectivity index (χ4v) is 5.06. The Morgan fingerprint density at radius 1 is 1.08 bits per heavy atom. The zero-order valence-electron chi connectivity index (χ0n) is 14.2. The number of rotatable bonds is 2. The maximum atomic E-state index is 4.65. The molecule has 128 valence electrons. The van der Waals surface area contributed by atoms with Crippen molar-refractivity contribution in [3.05, 3.63) is 35.9 Å². The molecule has 6 nitrogen and oxygen atoms in total. The van der Waals surface area contributed by atoms with E-state index < -0.39 is 0 Å². The molecule has 0 radical (unpaired) electrons. The molecule has 0 N–H and O–H groups in total. The maximum absolute atomic E-state index is 4.65. The maximum Gasteiger partial charge on any atom is 0.150 e. The van der Waals surface area contributed by atoms with Crippen LogP contribution in [0, 0.1) is 12.8 Å². The molecule has 0 bridgehead atoms. The van der Waals surface area contributed by atoms with E-state index in [1.807, 2.05) is 6.92 Å². The monoisotopic (exact) mass is 352 g/mol. The normalized spacial score (nSPS) is 23.2. The predicted molar refractivity (Wildman–Crippen MR) is 100 cm³/mol. The number of fused-ring (bicyclic) bond motifs is 2. The molecule has 2 aliphatic heterocycles. The summed E-state index contributed by atoms with van der Waals surface area (Å²) in [5.74, 6) is 2.89. The Hall–Kier alpha value is -2.28. The molecule has 2 fully saturated rings. The second-order valence-corrected chi connectivity index (χ2v) is 7.81. The van der Waals surface area contributed by atoms with Crippen LogP contribution >= 0.6 is 11.3 Å². The molecule has 2 saturated heterocycles. The SMILES string of the molecule is Cc1cc(N2CCC3CCN(c4ncnc5ccsc45)C3C2)ncn1. The number of thiophene rings is 1. The van der Waals surface area contributed by atoms with Gasteiger partial charge in [-0.3, -0.25) is 0 Å².